The number of aryl methyl sites for hydroxylation is 2. The maximum atomic E-state index is 13.0. The Bertz CT molecular complexity index is 1070. The van der Waals surface area contributed by atoms with Gasteiger partial charge in [0.15, 0.2) is 0 Å². The van der Waals surface area contributed by atoms with Crippen molar-refractivity contribution in [1.82, 2.24) is 29.8 Å². The number of amides is 2. The predicted octanol–water partition coefficient (Wildman–Crippen LogP) is 2.42. The molecule has 1 fully saturated rings. The number of carbonyl (C=O) groups is 2. The van der Waals surface area contributed by atoms with Crippen molar-refractivity contribution in [2.45, 2.75) is 20.3 Å². The quantitative estimate of drug-likeness (QED) is 0.724. The van der Waals surface area contributed by atoms with Gasteiger partial charge in [-0.25, -0.2) is 0 Å². The van der Waals surface area contributed by atoms with Gasteiger partial charge in [-0.3, -0.25) is 19.4 Å². The van der Waals surface area contributed by atoms with Crippen molar-refractivity contribution >= 4 is 11.8 Å². The van der Waals surface area contributed by atoms with Crippen molar-refractivity contribution in [3.05, 3.63) is 59.0 Å². The lowest BCUT2D eigenvalue weighted by molar-refractivity contribution is 0.0715. The highest BCUT2D eigenvalue weighted by Gasteiger charge is 2.25. The summed E-state index contributed by atoms with van der Waals surface area (Å²) in [5.74, 6) is -0.0850. The number of carbonyl (C=O) groups excluding carboxylic acids is 2. The van der Waals surface area contributed by atoms with Crippen LogP contribution in [0.4, 0.5) is 0 Å². The number of nitrogens with zero attached hydrogens (tertiary/aromatic N) is 5. The molecule has 0 atom stereocenters. The minimum atomic E-state index is -0.0954. The van der Waals surface area contributed by atoms with Crippen LogP contribution in [0.1, 0.15) is 38.7 Å². The largest absolute Gasteiger partial charge is 0.337 e. The van der Waals surface area contributed by atoms with Gasteiger partial charge in [0, 0.05) is 50.0 Å². The number of hydrogen-bond acceptors (Lipinski definition) is 4. The van der Waals surface area contributed by atoms with Crippen LogP contribution >= 0.6 is 0 Å². The standard InChI is InChI=1S/C22H26N6O2/c1-15-20(16(2)26(3)25-15)18-14-19(24-23-18)22(30)28-11-7-10-27(12-13-28)21(29)17-8-5-4-6-9-17/h4-6,8-9,14H,7,10-13H2,1-3H3,(H,23,24). The van der Waals surface area contributed by atoms with Crippen LogP contribution in [0.5, 0.6) is 0 Å². The van der Waals surface area contributed by atoms with Crippen molar-refractivity contribution in [1.29, 1.82) is 0 Å². The van der Waals surface area contributed by atoms with Gasteiger partial charge in [-0.2, -0.15) is 10.2 Å². The third-order valence-electron chi connectivity index (χ3n) is 5.66. The fourth-order valence-corrected chi connectivity index (χ4v) is 3.96. The van der Waals surface area contributed by atoms with E-state index in [0.29, 0.717) is 37.4 Å². The van der Waals surface area contributed by atoms with E-state index in [0.717, 1.165) is 29.1 Å². The van der Waals surface area contributed by atoms with Gasteiger partial charge in [-0.15, -0.1) is 0 Å². The zero-order valence-corrected chi connectivity index (χ0v) is 17.6. The second-order valence-electron chi connectivity index (χ2n) is 7.64. The van der Waals surface area contributed by atoms with E-state index in [9.17, 15) is 9.59 Å². The summed E-state index contributed by atoms with van der Waals surface area (Å²) in [6.07, 6.45) is 0.742. The number of H-pyrrole nitrogens is 1. The first-order valence-corrected chi connectivity index (χ1v) is 10.2. The first-order chi connectivity index (χ1) is 14.5. The molecule has 156 valence electrons. The van der Waals surface area contributed by atoms with Gasteiger partial charge in [0.1, 0.15) is 5.69 Å². The van der Waals surface area contributed by atoms with Gasteiger partial charge >= 0.3 is 0 Å². The van der Waals surface area contributed by atoms with Crippen molar-refractivity contribution in [2.75, 3.05) is 26.2 Å². The summed E-state index contributed by atoms with van der Waals surface area (Å²) in [5.41, 5.74) is 4.68. The molecule has 30 heavy (non-hydrogen) atoms. The molecule has 3 heterocycles. The molecular formula is C22H26N6O2. The zero-order chi connectivity index (χ0) is 21.3. The summed E-state index contributed by atoms with van der Waals surface area (Å²) in [6.45, 7) is 6.18. The first kappa shape index (κ1) is 19.9. The molecule has 1 aliphatic heterocycles. The number of aromatic amines is 1. The van der Waals surface area contributed by atoms with E-state index < -0.39 is 0 Å². The Hall–Kier alpha value is -3.42. The van der Waals surface area contributed by atoms with Crippen LogP contribution in [-0.4, -0.2) is 67.8 Å². The van der Waals surface area contributed by atoms with Crippen LogP contribution in [0.3, 0.4) is 0 Å². The Balaban J connectivity index is 1.46. The fourth-order valence-electron chi connectivity index (χ4n) is 3.96. The summed E-state index contributed by atoms with van der Waals surface area (Å²) in [4.78, 5) is 29.4. The second kappa shape index (κ2) is 8.14. The van der Waals surface area contributed by atoms with E-state index in [4.69, 9.17) is 0 Å². The molecule has 2 amide bonds. The zero-order valence-electron chi connectivity index (χ0n) is 17.6. The van der Waals surface area contributed by atoms with E-state index in [1.54, 1.807) is 11.0 Å². The predicted molar refractivity (Wildman–Crippen MR) is 113 cm³/mol. The summed E-state index contributed by atoms with van der Waals surface area (Å²) in [5, 5.41) is 11.7. The molecule has 0 bridgehead atoms. The molecule has 0 aliphatic carbocycles. The number of benzene rings is 1. The first-order valence-electron chi connectivity index (χ1n) is 10.2. The van der Waals surface area contributed by atoms with E-state index in [1.807, 2.05) is 60.8 Å². The van der Waals surface area contributed by atoms with Crippen LogP contribution in [0.15, 0.2) is 36.4 Å². The van der Waals surface area contributed by atoms with E-state index in [-0.39, 0.29) is 11.8 Å². The molecule has 1 aromatic carbocycles. The molecule has 2 aromatic heterocycles. The molecule has 0 spiro atoms. The molecule has 0 unspecified atom stereocenters. The molecule has 1 N–H and O–H groups in total. The van der Waals surface area contributed by atoms with Crippen LogP contribution in [-0.2, 0) is 7.05 Å². The highest BCUT2D eigenvalue weighted by atomic mass is 16.2. The molecule has 8 nitrogen and oxygen atoms in total. The molecule has 8 heteroatoms. The van der Waals surface area contributed by atoms with Gasteiger partial charge in [0.05, 0.1) is 11.4 Å². The van der Waals surface area contributed by atoms with E-state index in [1.165, 1.54) is 0 Å². The van der Waals surface area contributed by atoms with Crippen molar-refractivity contribution in [2.24, 2.45) is 7.05 Å². The SMILES string of the molecule is Cc1nn(C)c(C)c1-c1cc(C(=O)N2CCCN(C(=O)c3ccccc3)CC2)[nH]n1. The Morgan fingerprint density at radius 1 is 0.967 bits per heavy atom. The maximum absolute atomic E-state index is 13.0. The summed E-state index contributed by atoms with van der Waals surface area (Å²) >= 11 is 0. The van der Waals surface area contributed by atoms with E-state index in [2.05, 4.69) is 15.3 Å². The van der Waals surface area contributed by atoms with Crippen LogP contribution in [0, 0.1) is 13.8 Å². The molecule has 0 radical (unpaired) electrons. The van der Waals surface area contributed by atoms with Gasteiger partial charge in [-0.05, 0) is 38.5 Å². The minimum Gasteiger partial charge on any atom is -0.337 e. The molecule has 4 rings (SSSR count). The van der Waals surface area contributed by atoms with E-state index >= 15 is 0 Å². The Labute approximate surface area is 175 Å². The molecule has 3 aromatic rings. The maximum Gasteiger partial charge on any atom is 0.271 e. The topological polar surface area (TPSA) is 87.1 Å². The monoisotopic (exact) mass is 406 g/mol. The third kappa shape index (κ3) is 3.72. The molecule has 0 saturated carbocycles. The average molecular weight is 406 g/mol. The highest BCUT2D eigenvalue weighted by Crippen LogP contribution is 2.25. The van der Waals surface area contributed by atoms with Crippen LogP contribution < -0.4 is 0 Å². The smallest absolute Gasteiger partial charge is 0.271 e. The fraction of sp³-hybridized carbons (Fsp3) is 0.364. The molecule has 1 aliphatic rings. The van der Waals surface area contributed by atoms with Gasteiger partial charge in [0.2, 0.25) is 0 Å². The van der Waals surface area contributed by atoms with Crippen molar-refractivity contribution < 1.29 is 9.59 Å². The number of aromatic nitrogens is 4. The molecular weight excluding hydrogens is 380 g/mol. The van der Waals surface area contributed by atoms with Gasteiger partial charge in [-0.1, -0.05) is 18.2 Å². The summed E-state index contributed by atoms with van der Waals surface area (Å²) in [7, 11) is 1.89. The lowest BCUT2D eigenvalue weighted by Gasteiger charge is -2.22. The normalized spacial score (nSPS) is 14.6. The number of nitrogens with one attached hydrogen (secondary N) is 1. The minimum absolute atomic E-state index is 0.0104. The number of hydrogen-bond donors (Lipinski definition) is 1. The second-order valence-corrected chi connectivity index (χ2v) is 7.64. The summed E-state index contributed by atoms with van der Waals surface area (Å²) < 4.78 is 1.81. The highest BCUT2D eigenvalue weighted by molar-refractivity contribution is 5.95. The Morgan fingerprint density at radius 3 is 2.27 bits per heavy atom. The lowest BCUT2D eigenvalue weighted by Crippen LogP contribution is -2.37. The summed E-state index contributed by atoms with van der Waals surface area (Å²) in [6, 6.07) is 11.1. The Kier molecular flexibility index (Phi) is 5.39. The van der Waals surface area contributed by atoms with Crippen molar-refractivity contribution in [3.8, 4) is 11.3 Å². The van der Waals surface area contributed by atoms with Gasteiger partial charge in [0.25, 0.3) is 11.8 Å². The van der Waals surface area contributed by atoms with Crippen LogP contribution in [0.2, 0.25) is 0 Å². The average Bonchev–Trinajstić information content (AvgIpc) is 3.22. The molecule has 1 saturated heterocycles. The van der Waals surface area contributed by atoms with Crippen LogP contribution in [0.25, 0.3) is 11.3 Å². The van der Waals surface area contributed by atoms with Gasteiger partial charge < -0.3 is 9.80 Å². The third-order valence-corrected chi connectivity index (χ3v) is 5.66. The van der Waals surface area contributed by atoms with Crippen molar-refractivity contribution in [3.63, 3.8) is 0 Å². The Morgan fingerprint density at radius 2 is 1.63 bits per heavy atom. The number of rotatable bonds is 3. The lowest BCUT2D eigenvalue weighted by atomic mass is 10.1.